The molecule has 3 nitrogen and oxygen atoms in total. The second-order valence-electron chi connectivity index (χ2n) is 5.14. The molecule has 15 heavy (non-hydrogen) atoms. The fourth-order valence-electron chi connectivity index (χ4n) is 2.50. The van der Waals surface area contributed by atoms with E-state index in [1.165, 1.54) is 19.1 Å². The highest BCUT2D eigenvalue weighted by Gasteiger charge is 2.31. The first kappa shape index (κ1) is 13.0. The Morgan fingerprint density at radius 1 is 1.33 bits per heavy atom. The Morgan fingerprint density at radius 3 is 2.40 bits per heavy atom. The Balaban J connectivity index is 2.63. The van der Waals surface area contributed by atoms with E-state index in [9.17, 15) is 8.42 Å². The SMILES string of the molecule is CC1CCCC(C(N)C(C)S(C)(=O)=O)C1. The lowest BCUT2D eigenvalue weighted by Crippen LogP contribution is -2.45. The molecule has 0 spiro atoms. The maximum absolute atomic E-state index is 11.4. The minimum atomic E-state index is -2.99. The standard InChI is InChI=1S/C11H23NO2S/c1-8-5-4-6-10(7-8)11(12)9(2)15(3,13)14/h8-11H,4-7,12H2,1-3H3. The lowest BCUT2D eigenvalue weighted by Gasteiger charge is -2.33. The molecule has 1 rings (SSSR count). The fourth-order valence-corrected chi connectivity index (χ4v) is 3.29. The summed E-state index contributed by atoms with van der Waals surface area (Å²) in [7, 11) is -2.99. The molecule has 0 saturated heterocycles. The monoisotopic (exact) mass is 233 g/mol. The molecular formula is C11H23NO2S. The first-order valence-corrected chi connectivity index (χ1v) is 7.72. The molecule has 4 heteroatoms. The summed E-state index contributed by atoms with van der Waals surface area (Å²) in [5, 5.41) is -0.409. The predicted octanol–water partition coefficient (Wildman–Crippen LogP) is 1.57. The van der Waals surface area contributed by atoms with Crippen molar-refractivity contribution < 1.29 is 8.42 Å². The zero-order valence-electron chi connectivity index (χ0n) is 9.94. The first-order valence-electron chi connectivity index (χ1n) is 5.76. The molecule has 0 aromatic carbocycles. The van der Waals surface area contributed by atoms with Crippen LogP contribution in [0.1, 0.15) is 39.5 Å². The van der Waals surface area contributed by atoms with Crippen LogP contribution in [-0.2, 0) is 9.84 Å². The number of hydrogen-bond acceptors (Lipinski definition) is 3. The van der Waals surface area contributed by atoms with E-state index in [4.69, 9.17) is 5.73 Å². The van der Waals surface area contributed by atoms with Crippen LogP contribution in [0.4, 0.5) is 0 Å². The molecule has 0 aromatic rings. The molecule has 0 bridgehead atoms. The summed E-state index contributed by atoms with van der Waals surface area (Å²) in [6.45, 7) is 3.96. The Labute approximate surface area is 93.3 Å². The van der Waals surface area contributed by atoms with Gasteiger partial charge in [-0.05, 0) is 31.6 Å². The van der Waals surface area contributed by atoms with Crippen LogP contribution in [0, 0.1) is 11.8 Å². The molecule has 0 amide bonds. The van der Waals surface area contributed by atoms with Gasteiger partial charge in [0.2, 0.25) is 0 Å². The number of nitrogens with two attached hydrogens (primary N) is 1. The molecule has 90 valence electrons. The molecule has 2 N–H and O–H groups in total. The average Bonchev–Trinajstić information content (AvgIpc) is 2.14. The van der Waals surface area contributed by atoms with Gasteiger partial charge in [-0.15, -0.1) is 0 Å². The van der Waals surface area contributed by atoms with Crippen molar-refractivity contribution in [3.63, 3.8) is 0 Å². The van der Waals surface area contributed by atoms with Gasteiger partial charge in [0.05, 0.1) is 5.25 Å². The van der Waals surface area contributed by atoms with Gasteiger partial charge in [0.1, 0.15) is 0 Å². The van der Waals surface area contributed by atoms with Gasteiger partial charge in [0.25, 0.3) is 0 Å². The van der Waals surface area contributed by atoms with Crippen LogP contribution >= 0.6 is 0 Å². The van der Waals surface area contributed by atoms with Gasteiger partial charge in [-0.1, -0.05) is 19.8 Å². The Hall–Kier alpha value is -0.0900. The van der Waals surface area contributed by atoms with Crippen LogP contribution < -0.4 is 5.73 Å². The number of rotatable bonds is 3. The smallest absolute Gasteiger partial charge is 0.151 e. The van der Waals surface area contributed by atoms with E-state index < -0.39 is 15.1 Å². The van der Waals surface area contributed by atoms with Crippen molar-refractivity contribution in [2.75, 3.05) is 6.26 Å². The fraction of sp³-hybridized carbons (Fsp3) is 1.00. The van der Waals surface area contributed by atoms with E-state index >= 15 is 0 Å². The summed E-state index contributed by atoms with van der Waals surface area (Å²) >= 11 is 0. The summed E-state index contributed by atoms with van der Waals surface area (Å²) in [6, 6.07) is -0.192. The van der Waals surface area contributed by atoms with E-state index in [2.05, 4.69) is 6.92 Å². The lowest BCUT2D eigenvalue weighted by atomic mass is 9.78. The molecule has 1 aliphatic carbocycles. The number of hydrogen-bond donors (Lipinski definition) is 1. The molecule has 0 aromatic heterocycles. The molecule has 4 atom stereocenters. The minimum Gasteiger partial charge on any atom is -0.326 e. The van der Waals surface area contributed by atoms with E-state index in [1.807, 2.05) is 0 Å². The van der Waals surface area contributed by atoms with Crippen LogP contribution in [0.5, 0.6) is 0 Å². The molecular weight excluding hydrogens is 210 g/mol. The zero-order valence-corrected chi connectivity index (χ0v) is 10.8. The highest BCUT2D eigenvalue weighted by molar-refractivity contribution is 7.91. The summed E-state index contributed by atoms with van der Waals surface area (Å²) in [4.78, 5) is 0. The van der Waals surface area contributed by atoms with Crippen molar-refractivity contribution in [3.8, 4) is 0 Å². The number of sulfone groups is 1. The zero-order chi connectivity index (χ0) is 11.6. The van der Waals surface area contributed by atoms with Crippen LogP contribution in [0.2, 0.25) is 0 Å². The highest BCUT2D eigenvalue weighted by Crippen LogP contribution is 2.31. The molecule has 0 radical (unpaired) electrons. The molecule has 1 fully saturated rings. The van der Waals surface area contributed by atoms with Crippen molar-refractivity contribution in [1.82, 2.24) is 0 Å². The van der Waals surface area contributed by atoms with Gasteiger partial charge in [0.15, 0.2) is 9.84 Å². The van der Waals surface area contributed by atoms with Gasteiger partial charge < -0.3 is 5.73 Å². The van der Waals surface area contributed by atoms with Crippen molar-refractivity contribution in [3.05, 3.63) is 0 Å². The third-order valence-electron chi connectivity index (χ3n) is 3.74. The minimum absolute atomic E-state index is 0.192. The molecule has 4 unspecified atom stereocenters. The van der Waals surface area contributed by atoms with Gasteiger partial charge in [-0.25, -0.2) is 8.42 Å². The molecule has 0 heterocycles. The summed E-state index contributed by atoms with van der Waals surface area (Å²) in [5.41, 5.74) is 6.06. The third kappa shape index (κ3) is 3.45. The van der Waals surface area contributed by atoms with E-state index in [0.29, 0.717) is 11.8 Å². The van der Waals surface area contributed by atoms with Crippen LogP contribution in [0.3, 0.4) is 0 Å². The van der Waals surface area contributed by atoms with Crippen LogP contribution in [0.15, 0.2) is 0 Å². The summed E-state index contributed by atoms with van der Waals surface area (Å²) in [5.74, 6) is 1.08. The van der Waals surface area contributed by atoms with Crippen molar-refractivity contribution in [2.24, 2.45) is 17.6 Å². The first-order chi connectivity index (χ1) is 6.82. The Bertz CT molecular complexity index is 300. The third-order valence-corrected chi connectivity index (χ3v) is 5.40. The summed E-state index contributed by atoms with van der Waals surface area (Å²) in [6.07, 6.45) is 5.91. The van der Waals surface area contributed by atoms with Crippen molar-refractivity contribution in [1.29, 1.82) is 0 Å². The largest absolute Gasteiger partial charge is 0.326 e. The molecule has 0 aliphatic heterocycles. The van der Waals surface area contributed by atoms with Crippen LogP contribution in [-0.4, -0.2) is 26.0 Å². The maximum Gasteiger partial charge on any atom is 0.151 e. The maximum atomic E-state index is 11.4. The van der Waals surface area contributed by atoms with Gasteiger partial charge in [-0.3, -0.25) is 0 Å². The lowest BCUT2D eigenvalue weighted by molar-refractivity contribution is 0.244. The Morgan fingerprint density at radius 2 is 1.93 bits per heavy atom. The topological polar surface area (TPSA) is 60.2 Å². The van der Waals surface area contributed by atoms with Crippen molar-refractivity contribution >= 4 is 9.84 Å². The predicted molar refractivity (Wildman–Crippen MR) is 63.4 cm³/mol. The Kier molecular flexibility index (Phi) is 4.18. The van der Waals surface area contributed by atoms with Crippen LogP contribution in [0.25, 0.3) is 0 Å². The average molecular weight is 233 g/mol. The van der Waals surface area contributed by atoms with Crippen molar-refractivity contribution in [2.45, 2.75) is 50.8 Å². The second-order valence-corrected chi connectivity index (χ2v) is 7.55. The molecule has 1 aliphatic rings. The highest BCUT2D eigenvalue weighted by atomic mass is 32.2. The van der Waals surface area contributed by atoms with Gasteiger partial charge >= 0.3 is 0 Å². The summed E-state index contributed by atoms with van der Waals surface area (Å²) < 4.78 is 22.8. The van der Waals surface area contributed by atoms with E-state index in [-0.39, 0.29) is 6.04 Å². The quantitative estimate of drug-likeness (QED) is 0.805. The van der Waals surface area contributed by atoms with E-state index in [0.717, 1.165) is 12.8 Å². The van der Waals surface area contributed by atoms with Gasteiger partial charge in [-0.2, -0.15) is 0 Å². The van der Waals surface area contributed by atoms with Gasteiger partial charge in [0, 0.05) is 12.3 Å². The normalized spacial score (nSPS) is 32.3. The molecule has 1 saturated carbocycles. The second kappa shape index (κ2) is 4.83. The van der Waals surface area contributed by atoms with E-state index in [1.54, 1.807) is 6.92 Å².